The largest absolute Gasteiger partial charge is 0.475 e. The highest BCUT2D eigenvalue weighted by atomic mass is 16.5. The van der Waals surface area contributed by atoms with Crippen LogP contribution in [-0.2, 0) is 6.42 Å². The van der Waals surface area contributed by atoms with Gasteiger partial charge in [-0.25, -0.2) is 9.97 Å². The monoisotopic (exact) mass is 549 g/mol. The Morgan fingerprint density at radius 3 is 2.40 bits per heavy atom. The van der Waals surface area contributed by atoms with Gasteiger partial charge in [-0.1, -0.05) is 27.7 Å². The Bertz CT molecular complexity index is 1200. The molecule has 0 atom stereocenters. The number of imidazole rings is 1. The number of ether oxygens (including phenoxy) is 1. The Hall–Kier alpha value is -2.97. The molecule has 40 heavy (non-hydrogen) atoms. The molecule has 8 heteroatoms. The lowest BCUT2D eigenvalue weighted by atomic mass is 10.1. The molecule has 1 fully saturated rings. The summed E-state index contributed by atoms with van der Waals surface area (Å²) in [5.74, 6) is 1.66. The van der Waals surface area contributed by atoms with Crippen LogP contribution in [0.2, 0.25) is 0 Å². The van der Waals surface area contributed by atoms with Crippen LogP contribution in [0.25, 0.3) is 16.9 Å². The molecule has 0 spiro atoms. The Balaban J connectivity index is 1.64. The number of amides is 1. The quantitative estimate of drug-likeness (QED) is 0.276. The van der Waals surface area contributed by atoms with Gasteiger partial charge in [-0.15, -0.1) is 0 Å². The second-order valence-electron chi connectivity index (χ2n) is 11.8. The average Bonchev–Trinajstić information content (AvgIpc) is 3.59. The Morgan fingerprint density at radius 1 is 1.05 bits per heavy atom. The summed E-state index contributed by atoms with van der Waals surface area (Å²) >= 11 is 0. The molecule has 1 saturated heterocycles. The minimum atomic E-state index is -0.0511. The Labute approximate surface area is 239 Å². The van der Waals surface area contributed by atoms with Gasteiger partial charge in [0, 0.05) is 37.1 Å². The molecule has 3 aromatic heterocycles. The SMILES string of the molecule is CC(C)CCN(CCC(C)C)C(=O)c1ccc2nc(-c3ccc(OCCO)nc3)c(CCCN3CCCC3)n2c1. The van der Waals surface area contributed by atoms with E-state index < -0.39 is 0 Å². The number of aromatic nitrogens is 3. The van der Waals surface area contributed by atoms with Crippen LogP contribution in [-0.4, -0.2) is 81.1 Å². The lowest BCUT2D eigenvalue weighted by Gasteiger charge is -2.24. The number of hydrogen-bond acceptors (Lipinski definition) is 6. The highest BCUT2D eigenvalue weighted by Gasteiger charge is 2.21. The first-order valence-electron chi connectivity index (χ1n) is 15.1. The van der Waals surface area contributed by atoms with Gasteiger partial charge in [0.1, 0.15) is 12.3 Å². The van der Waals surface area contributed by atoms with Gasteiger partial charge in [0.2, 0.25) is 5.88 Å². The molecule has 1 aliphatic heterocycles. The summed E-state index contributed by atoms with van der Waals surface area (Å²) in [4.78, 5) is 27.7. The lowest BCUT2D eigenvalue weighted by molar-refractivity contribution is 0.0740. The van der Waals surface area contributed by atoms with Crippen molar-refractivity contribution in [2.24, 2.45) is 11.8 Å². The van der Waals surface area contributed by atoms with Crippen LogP contribution >= 0.6 is 0 Å². The predicted molar refractivity (Wildman–Crippen MR) is 160 cm³/mol. The normalized spacial score (nSPS) is 14.1. The van der Waals surface area contributed by atoms with Crippen molar-refractivity contribution in [2.75, 3.05) is 45.9 Å². The zero-order valence-corrected chi connectivity index (χ0v) is 24.8. The first kappa shape index (κ1) is 30.0. The minimum Gasteiger partial charge on any atom is -0.475 e. The minimum absolute atomic E-state index is 0.0511. The van der Waals surface area contributed by atoms with E-state index in [9.17, 15) is 4.79 Å². The number of carbonyl (C=O) groups excluding carboxylic acids is 1. The van der Waals surface area contributed by atoms with E-state index in [4.69, 9.17) is 14.8 Å². The summed E-state index contributed by atoms with van der Waals surface area (Å²) < 4.78 is 7.57. The van der Waals surface area contributed by atoms with Gasteiger partial charge >= 0.3 is 0 Å². The molecule has 4 heterocycles. The van der Waals surface area contributed by atoms with E-state index in [2.05, 4.69) is 42.0 Å². The van der Waals surface area contributed by atoms with Crippen molar-refractivity contribution in [1.82, 2.24) is 24.2 Å². The van der Waals surface area contributed by atoms with Crippen LogP contribution in [0.5, 0.6) is 5.88 Å². The first-order valence-corrected chi connectivity index (χ1v) is 15.1. The molecule has 0 radical (unpaired) electrons. The van der Waals surface area contributed by atoms with Crippen molar-refractivity contribution in [2.45, 2.75) is 66.2 Å². The maximum absolute atomic E-state index is 13.8. The summed E-state index contributed by atoms with van der Waals surface area (Å²) in [7, 11) is 0. The number of carbonyl (C=O) groups is 1. The third kappa shape index (κ3) is 8.04. The molecule has 3 aromatic rings. The molecule has 0 unspecified atom stereocenters. The topological polar surface area (TPSA) is 83.2 Å². The zero-order chi connectivity index (χ0) is 28.5. The van der Waals surface area contributed by atoms with Crippen molar-refractivity contribution in [1.29, 1.82) is 0 Å². The fraction of sp³-hybridized carbons (Fsp3) is 0.594. The van der Waals surface area contributed by atoms with Crippen LogP contribution in [0.1, 0.15) is 75.9 Å². The second kappa shape index (κ2) is 14.6. The summed E-state index contributed by atoms with van der Waals surface area (Å²) in [6.45, 7) is 14.0. The van der Waals surface area contributed by atoms with Crippen molar-refractivity contribution in [3.8, 4) is 17.1 Å². The fourth-order valence-corrected chi connectivity index (χ4v) is 5.25. The summed E-state index contributed by atoms with van der Waals surface area (Å²) in [6.07, 6.45) is 10.2. The number of pyridine rings is 2. The highest BCUT2D eigenvalue weighted by Crippen LogP contribution is 2.27. The number of fused-ring (bicyclic) bond motifs is 1. The van der Waals surface area contributed by atoms with Crippen molar-refractivity contribution in [3.05, 3.63) is 47.9 Å². The van der Waals surface area contributed by atoms with Crippen molar-refractivity contribution < 1.29 is 14.6 Å². The Kier molecular flexibility index (Phi) is 10.9. The lowest BCUT2D eigenvalue weighted by Crippen LogP contribution is -2.34. The average molecular weight is 550 g/mol. The molecule has 1 N–H and O–H groups in total. The molecule has 0 aromatic carbocycles. The van der Waals surface area contributed by atoms with Gasteiger partial charge in [-0.3, -0.25) is 4.79 Å². The summed E-state index contributed by atoms with van der Waals surface area (Å²) in [6, 6.07) is 7.68. The number of rotatable bonds is 15. The van der Waals surface area contributed by atoms with Crippen LogP contribution in [0.3, 0.4) is 0 Å². The number of nitrogens with zero attached hydrogens (tertiary/aromatic N) is 5. The first-order chi connectivity index (χ1) is 19.4. The van der Waals surface area contributed by atoms with E-state index in [1.807, 2.05) is 35.4 Å². The summed E-state index contributed by atoms with van der Waals surface area (Å²) in [5, 5.41) is 9.05. The van der Waals surface area contributed by atoms with E-state index >= 15 is 0 Å². The second-order valence-corrected chi connectivity index (χ2v) is 11.8. The van der Waals surface area contributed by atoms with Crippen molar-refractivity contribution in [3.63, 3.8) is 0 Å². The maximum atomic E-state index is 13.8. The fourth-order valence-electron chi connectivity index (χ4n) is 5.25. The molecule has 8 nitrogen and oxygen atoms in total. The smallest absolute Gasteiger partial charge is 0.255 e. The molecule has 4 rings (SSSR count). The third-order valence-corrected chi connectivity index (χ3v) is 7.64. The van der Waals surface area contributed by atoms with Crippen LogP contribution in [0, 0.1) is 11.8 Å². The number of aliphatic hydroxyl groups is 1. The summed E-state index contributed by atoms with van der Waals surface area (Å²) in [5.41, 5.74) is 4.45. The van der Waals surface area contributed by atoms with E-state index in [0.29, 0.717) is 23.3 Å². The molecule has 0 aliphatic carbocycles. The highest BCUT2D eigenvalue weighted by molar-refractivity contribution is 5.94. The molecule has 1 aliphatic rings. The Morgan fingerprint density at radius 2 is 1.77 bits per heavy atom. The van der Waals surface area contributed by atoms with Crippen molar-refractivity contribution >= 4 is 11.6 Å². The van der Waals surface area contributed by atoms with E-state index in [0.717, 1.165) is 67.9 Å². The molecule has 1 amide bonds. The van der Waals surface area contributed by atoms with Gasteiger partial charge in [0.05, 0.1) is 23.6 Å². The van der Waals surface area contributed by atoms with Gasteiger partial charge in [0.25, 0.3) is 5.91 Å². The van der Waals surface area contributed by atoms with Gasteiger partial charge < -0.3 is 24.0 Å². The molecule has 0 bridgehead atoms. The van der Waals surface area contributed by atoms with Crippen LogP contribution < -0.4 is 4.74 Å². The molecule has 218 valence electrons. The number of aryl methyl sites for hydroxylation is 1. The number of aliphatic hydroxyl groups excluding tert-OH is 1. The standard InChI is InChI=1S/C32H47N5O3/c1-24(2)13-18-36(19-14-25(3)4)32(39)27-9-11-29-34-31(26-10-12-30(33-22-26)40-21-20-38)28(37(29)23-27)8-7-17-35-15-5-6-16-35/h9-12,22-25,38H,5-8,13-21H2,1-4H3. The molecule has 0 saturated carbocycles. The molecular weight excluding hydrogens is 502 g/mol. The van der Waals surface area contributed by atoms with Crippen LogP contribution in [0.15, 0.2) is 36.7 Å². The van der Waals surface area contributed by atoms with Gasteiger partial charge in [-0.2, -0.15) is 0 Å². The van der Waals surface area contributed by atoms with E-state index in [1.54, 1.807) is 6.20 Å². The molecular formula is C32H47N5O3. The third-order valence-electron chi connectivity index (χ3n) is 7.64. The van der Waals surface area contributed by atoms with E-state index in [-0.39, 0.29) is 19.1 Å². The van der Waals surface area contributed by atoms with Gasteiger partial charge in [-0.05, 0) is 88.2 Å². The van der Waals surface area contributed by atoms with Crippen LogP contribution in [0.4, 0.5) is 0 Å². The van der Waals surface area contributed by atoms with E-state index in [1.165, 1.54) is 25.9 Å². The van der Waals surface area contributed by atoms with Gasteiger partial charge in [0.15, 0.2) is 0 Å². The predicted octanol–water partition coefficient (Wildman–Crippen LogP) is 5.33. The zero-order valence-electron chi connectivity index (χ0n) is 24.8. The number of hydrogen-bond donors (Lipinski definition) is 1. The number of likely N-dealkylation sites (tertiary alicyclic amines) is 1. The maximum Gasteiger partial charge on any atom is 0.255 e.